The van der Waals surface area contributed by atoms with E-state index in [0.717, 1.165) is 12.8 Å². The molecule has 0 aliphatic rings. The summed E-state index contributed by atoms with van der Waals surface area (Å²) in [5, 5.41) is 0. The molecular formula is C10H21NO2. The molecule has 0 aromatic rings. The molecule has 0 rings (SSSR count). The van der Waals surface area contributed by atoms with Crippen LogP contribution in [0.3, 0.4) is 0 Å². The number of hydrogen-bond donors (Lipinski definition) is 1. The first-order valence-corrected chi connectivity index (χ1v) is 4.98. The van der Waals surface area contributed by atoms with E-state index in [4.69, 9.17) is 10.5 Å². The second-order valence-electron chi connectivity index (χ2n) is 3.66. The first kappa shape index (κ1) is 12.4. The molecule has 0 aliphatic heterocycles. The van der Waals surface area contributed by atoms with E-state index in [-0.39, 0.29) is 11.9 Å². The molecule has 0 spiro atoms. The van der Waals surface area contributed by atoms with Gasteiger partial charge in [-0.2, -0.15) is 0 Å². The van der Waals surface area contributed by atoms with E-state index in [2.05, 4.69) is 13.8 Å². The van der Waals surface area contributed by atoms with Gasteiger partial charge in [0.25, 0.3) is 0 Å². The molecule has 0 saturated heterocycles. The molecule has 1 unspecified atom stereocenters. The van der Waals surface area contributed by atoms with Crippen molar-refractivity contribution in [2.75, 3.05) is 13.2 Å². The zero-order valence-corrected chi connectivity index (χ0v) is 8.88. The Hall–Kier alpha value is -0.570. The molecule has 0 aliphatic carbocycles. The van der Waals surface area contributed by atoms with E-state index in [1.165, 1.54) is 0 Å². The minimum Gasteiger partial charge on any atom is -0.466 e. The average molecular weight is 187 g/mol. The molecule has 0 heterocycles. The minimum absolute atomic E-state index is 0.109. The number of ether oxygens (including phenoxy) is 1. The lowest BCUT2D eigenvalue weighted by atomic mass is 9.98. The zero-order valence-electron chi connectivity index (χ0n) is 8.88. The predicted molar refractivity (Wildman–Crippen MR) is 53.2 cm³/mol. The Morgan fingerprint density at radius 2 is 2.00 bits per heavy atom. The van der Waals surface area contributed by atoms with Crippen LogP contribution in [0.15, 0.2) is 0 Å². The number of nitrogens with two attached hydrogens (primary N) is 1. The van der Waals surface area contributed by atoms with Gasteiger partial charge in [-0.3, -0.25) is 4.79 Å². The molecule has 2 N–H and O–H groups in total. The standard InChI is InChI=1S/C10H21NO2/c1-4-13-10(12)9(7-11)6-5-8(2)3/h8-9H,4-7,11H2,1-3H3. The van der Waals surface area contributed by atoms with E-state index >= 15 is 0 Å². The second-order valence-corrected chi connectivity index (χ2v) is 3.66. The topological polar surface area (TPSA) is 52.3 Å². The normalized spacial score (nSPS) is 13.0. The summed E-state index contributed by atoms with van der Waals surface area (Å²) in [5.74, 6) is 0.358. The maximum absolute atomic E-state index is 11.3. The van der Waals surface area contributed by atoms with E-state index in [0.29, 0.717) is 19.1 Å². The van der Waals surface area contributed by atoms with Crippen LogP contribution < -0.4 is 5.73 Å². The molecule has 0 fully saturated rings. The molecule has 13 heavy (non-hydrogen) atoms. The number of esters is 1. The van der Waals surface area contributed by atoms with Crippen LogP contribution in [0.25, 0.3) is 0 Å². The first-order valence-electron chi connectivity index (χ1n) is 4.98. The number of carbonyl (C=O) groups is 1. The Morgan fingerprint density at radius 1 is 1.38 bits per heavy atom. The van der Waals surface area contributed by atoms with Crippen molar-refractivity contribution in [3.63, 3.8) is 0 Å². The molecule has 0 aromatic carbocycles. The Bertz CT molecular complexity index is 146. The highest BCUT2D eigenvalue weighted by atomic mass is 16.5. The van der Waals surface area contributed by atoms with Crippen molar-refractivity contribution in [2.45, 2.75) is 33.6 Å². The van der Waals surface area contributed by atoms with Gasteiger partial charge in [-0.05, 0) is 19.3 Å². The van der Waals surface area contributed by atoms with Gasteiger partial charge in [0.1, 0.15) is 0 Å². The molecule has 3 heteroatoms. The van der Waals surface area contributed by atoms with Crippen LogP contribution in [0.1, 0.15) is 33.6 Å². The van der Waals surface area contributed by atoms with Crippen molar-refractivity contribution in [2.24, 2.45) is 17.6 Å². The minimum atomic E-state index is -0.148. The largest absolute Gasteiger partial charge is 0.466 e. The number of rotatable bonds is 6. The van der Waals surface area contributed by atoms with Crippen molar-refractivity contribution >= 4 is 5.97 Å². The van der Waals surface area contributed by atoms with Crippen LogP contribution in [0.4, 0.5) is 0 Å². The summed E-state index contributed by atoms with van der Waals surface area (Å²) < 4.78 is 4.91. The van der Waals surface area contributed by atoms with Crippen molar-refractivity contribution in [1.82, 2.24) is 0 Å². The Morgan fingerprint density at radius 3 is 2.38 bits per heavy atom. The molecule has 0 aromatic heterocycles. The van der Waals surface area contributed by atoms with E-state index < -0.39 is 0 Å². The van der Waals surface area contributed by atoms with E-state index in [1.807, 2.05) is 6.92 Å². The summed E-state index contributed by atoms with van der Waals surface area (Å²) in [6, 6.07) is 0. The Labute approximate surface area is 80.6 Å². The van der Waals surface area contributed by atoms with Crippen molar-refractivity contribution in [1.29, 1.82) is 0 Å². The molecule has 1 atom stereocenters. The first-order chi connectivity index (χ1) is 6.11. The highest BCUT2D eigenvalue weighted by Crippen LogP contribution is 2.12. The highest BCUT2D eigenvalue weighted by Gasteiger charge is 2.17. The third-order valence-corrected chi connectivity index (χ3v) is 2.00. The molecule has 0 amide bonds. The fourth-order valence-electron chi connectivity index (χ4n) is 1.13. The fraction of sp³-hybridized carbons (Fsp3) is 0.900. The van der Waals surface area contributed by atoms with E-state index in [1.54, 1.807) is 0 Å². The predicted octanol–water partition coefficient (Wildman–Crippen LogP) is 1.56. The maximum Gasteiger partial charge on any atom is 0.310 e. The molecule has 0 radical (unpaired) electrons. The molecule has 3 nitrogen and oxygen atoms in total. The molecule has 0 bridgehead atoms. The van der Waals surface area contributed by atoms with Crippen LogP contribution in [0.5, 0.6) is 0 Å². The van der Waals surface area contributed by atoms with E-state index in [9.17, 15) is 4.79 Å². The smallest absolute Gasteiger partial charge is 0.310 e. The van der Waals surface area contributed by atoms with Gasteiger partial charge in [-0.1, -0.05) is 20.3 Å². The van der Waals surface area contributed by atoms with Gasteiger partial charge >= 0.3 is 5.97 Å². The maximum atomic E-state index is 11.3. The number of hydrogen-bond acceptors (Lipinski definition) is 3. The summed E-state index contributed by atoms with van der Waals surface area (Å²) in [6.07, 6.45) is 1.87. The van der Waals surface area contributed by atoms with Crippen LogP contribution in [0, 0.1) is 11.8 Å². The van der Waals surface area contributed by atoms with Gasteiger partial charge in [0.05, 0.1) is 12.5 Å². The van der Waals surface area contributed by atoms with Gasteiger partial charge in [0, 0.05) is 6.54 Å². The van der Waals surface area contributed by atoms with Crippen molar-refractivity contribution in [3.05, 3.63) is 0 Å². The summed E-state index contributed by atoms with van der Waals surface area (Å²) in [4.78, 5) is 11.3. The SMILES string of the molecule is CCOC(=O)C(CN)CCC(C)C. The van der Waals surface area contributed by atoms with Gasteiger partial charge in [-0.15, -0.1) is 0 Å². The average Bonchev–Trinajstić information content (AvgIpc) is 2.05. The Balaban J connectivity index is 3.80. The van der Waals surface area contributed by atoms with Crippen molar-refractivity contribution in [3.8, 4) is 0 Å². The van der Waals surface area contributed by atoms with Crippen molar-refractivity contribution < 1.29 is 9.53 Å². The van der Waals surface area contributed by atoms with Crippen LogP contribution >= 0.6 is 0 Å². The third-order valence-electron chi connectivity index (χ3n) is 2.00. The molecular weight excluding hydrogens is 166 g/mol. The quantitative estimate of drug-likeness (QED) is 0.642. The van der Waals surface area contributed by atoms with Crippen LogP contribution in [0.2, 0.25) is 0 Å². The Kier molecular flexibility index (Phi) is 6.59. The lowest BCUT2D eigenvalue weighted by Gasteiger charge is -2.14. The molecule has 78 valence electrons. The summed E-state index contributed by atoms with van der Waals surface area (Å²) in [6.45, 7) is 6.92. The summed E-state index contributed by atoms with van der Waals surface area (Å²) in [7, 11) is 0. The van der Waals surface area contributed by atoms with Gasteiger partial charge in [0.2, 0.25) is 0 Å². The van der Waals surface area contributed by atoms with Gasteiger partial charge < -0.3 is 10.5 Å². The summed E-state index contributed by atoms with van der Waals surface area (Å²) in [5.41, 5.74) is 5.49. The lowest BCUT2D eigenvalue weighted by molar-refractivity contribution is -0.147. The monoisotopic (exact) mass is 187 g/mol. The zero-order chi connectivity index (χ0) is 10.3. The number of carbonyl (C=O) groups excluding carboxylic acids is 1. The summed E-state index contributed by atoms with van der Waals surface area (Å²) >= 11 is 0. The van der Waals surface area contributed by atoms with Crippen LogP contribution in [-0.2, 0) is 9.53 Å². The van der Waals surface area contributed by atoms with Crippen LogP contribution in [-0.4, -0.2) is 19.1 Å². The second kappa shape index (κ2) is 6.89. The third kappa shape index (κ3) is 5.64. The van der Waals surface area contributed by atoms with Gasteiger partial charge in [-0.25, -0.2) is 0 Å². The lowest BCUT2D eigenvalue weighted by Crippen LogP contribution is -2.26. The van der Waals surface area contributed by atoms with Gasteiger partial charge in [0.15, 0.2) is 0 Å². The molecule has 0 saturated carbocycles. The fourth-order valence-corrected chi connectivity index (χ4v) is 1.13. The highest BCUT2D eigenvalue weighted by molar-refractivity contribution is 5.72.